The third-order valence-corrected chi connectivity index (χ3v) is 4.40. The molecule has 1 amide bonds. The summed E-state index contributed by atoms with van der Waals surface area (Å²) in [4.78, 5) is 29.7. The second-order valence-electron chi connectivity index (χ2n) is 7.54. The standard InChI is InChI=1S/C19H26N6O/c1-14-20-8-7-17(22-14)25-11-9-24(10-12-25)15-5-6-16(21-13-15)23-18(26)19(2,3)4/h5-8,13H,9-12H2,1-4H3,(H,21,23,26). The fraction of sp³-hybridized carbons (Fsp3) is 0.474. The lowest BCUT2D eigenvalue weighted by molar-refractivity contribution is -0.123. The normalized spacial score (nSPS) is 15.1. The minimum atomic E-state index is -0.434. The molecule has 2 aromatic rings. The predicted molar refractivity (Wildman–Crippen MR) is 104 cm³/mol. The molecule has 0 saturated carbocycles. The molecule has 0 unspecified atom stereocenters. The molecule has 0 spiro atoms. The van der Waals surface area contributed by atoms with Crippen LogP contribution in [0.3, 0.4) is 0 Å². The number of hydrogen-bond acceptors (Lipinski definition) is 6. The molecule has 138 valence electrons. The van der Waals surface area contributed by atoms with E-state index < -0.39 is 5.41 Å². The maximum atomic E-state index is 12.0. The average Bonchev–Trinajstić information content (AvgIpc) is 2.62. The molecule has 0 aliphatic carbocycles. The molecular weight excluding hydrogens is 328 g/mol. The lowest BCUT2D eigenvalue weighted by Gasteiger charge is -2.36. The second kappa shape index (κ2) is 7.27. The molecule has 0 radical (unpaired) electrons. The van der Waals surface area contributed by atoms with Gasteiger partial charge in [-0.15, -0.1) is 0 Å². The van der Waals surface area contributed by atoms with Crippen LogP contribution in [0, 0.1) is 12.3 Å². The monoisotopic (exact) mass is 354 g/mol. The molecule has 7 nitrogen and oxygen atoms in total. The topological polar surface area (TPSA) is 74.2 Å². The number of pyridine rings is 1. The maximum absolute atomic E-state index is 12.0. The lowest BCUT2D eigenvalue weighted by Crippen LogP contribution is -2.46. The summed E-state index contributed by atoms with van der Waals surface area (Å²) in [6, 6.07) is 5.83. The Morgan fingerprint density at radius 2 is 1.73 bits per heavy atom. The van der Waals surface area contributed by atoms with Gasteiger partial charge in [0.25, 0.3) is 0 Å². The number of carbonyl (C=O) groups is 1. The Morgan fingerprint density at radius 3 is 2.31 bits per heavy atom. The predicted octanol–water partition coefficient (Wildman–Crippen LogP) is 2.49. The number of hydrogen-bond donors (Lipinski definition) is 1. The van der Waals surface area contributed by atoms with Crippen LogP contribution < -0.4 is 15.1 Å². The summed E-state index contributed by atoms with van der Waals surface area (Å²) in [5.74, 6) is 2.33. The van der Waals surface area contributed by atoms with E-state index in [4.69, 9.17) is 0 Å². The van der Waals surface area contributed by atoms with Crippen molar-refractivity contribution in [2.75, 3.05) is 41.3 Å². The summed E-state index contributed by atoms with van der Waals surface area (Å²) in [5.41, 5.74) is 0.632. The summed E-state index contributed by atoms with van der Waals surface area (Å²) in [6.07, 6.45) is 3.63. The van der Waals surface area contributed by atoms with E-state index in [0.29, 0.717) is 5.82 Å². The van der Waals surface area contributed by atoms with Crippen molar-refractivity contribution in [1.29, 1.82) is 0 Å². The van der Waals surface area contributed by atoms with Crippen LogP contribution in [0.5, 0.6) is 0 Å². The maximum Gasteiger partial charge on any atom is 0.230 e. The van der Waals surface area contributed by atoms with Crippen molar-refractivity contribution >= 4 is 23.2 Å². The number of nitrogens with zero attached hydrogens (tertiary/aromatic N) is 5. The van der Waals surface area contributed by atoms with Crippen molar-refractivity contribution in [1.82, 2.24) is 15.0 Å². The van der Waals surface area contributed by atoms with Gasteiger partial charge < -0.3 is 15.1 Å². The zero-order chi connectivity index (χ0) is 18.7. The fourth-order valence-corrected chi connectivity index (χ4v) is 2.76. The average molecular weight is 354 g/mol. The highest BCUT2D eigenvalue weighted by Gasteiger charge is 2.22. The second-order valence-corrected chi connectivity index (χ2v) is 7.54. The molecular formula is C19H26N6O. The van der Waals surface area contributed by atoms with Crippen molar-refractivity contribution in [3.05, 3.63) is 36.4 Å². The van der Waals surface area contributed by atoms with Crippen molar-refractivity contribution < 1.29 is 4.79 Å². The number of amides is 1. The fourth-order valence-electron chi connectivity index (χ4n) is 2.76. The number of piperazine rings is 1. The Morgan fingerprint density at radius 1 is 1.04 bits per heavy atom. The number of aryl methyl sites for hydroxylation is 1. The first-order valence-electron chi connectivity index (χ1n) is 8.90. The molecule has 3 heterocycles. The summed E-state index contributed by atoms with van der Waals surface area (Å²) >= 11 is 0. The van der Waals surface area contributed by atoms with Gasteiger partial charge >= 0.3 is 0 Å². The molecule has 1 fully saturated rings. The largest absolute Gasteiger partial charge is 0.367 e. The van der Waals surface area contributed by atoms with E-state index in [1.54, 1.807) is 6.20 Å². The number of anilines is 3. The van der Waals surface area contributed by atoms with Gasteiger partial charge in [-0.1, -0.05) is 20.8 Å². The van der Waals surface area contributed by atoms with Crippen molar-refractivity contribution in [2.45, 2.75) is 27.7 Å². The zero-order valence-electron chi connectivity index (χ0n) is 15.9. The van der Waals surface area contributed by atoms with Crippen LogP contribution in [-0.4, -0.2) is 47.0 Å². The molecule has 3 rings (SSSR count). The van der Waals surface area contributed by atoms with E-state index in [0.717, 1.165) is 43.5 Å². The Labute approximate surface area is 154 Å². The summed E-state index contributed by atoms with van der Waals surface area (Å²) in [6.45, 7) is 11.2. The molecule has 26 heavy (non-hydrogen) atoms. The number of aromatic nitrogens is 3. The highest BCUT2D eigenvalue weighted by atomic mass is 16.2. The molecule has 0 aromatic carbocycles. The SMILES string of the molecule is Cc1nccc(N2CCN(c3ccc(NC(=O)C(C)(C)C)nc3)CC2)n1. The Kier molecular flexibility index (Phi) is 5.06. The number of nitrogens with one attached hydrogen (secondary N) is 1. The van der Waals surface area contributed by atoms with Gasteiger partial charge in [-0.25, -0.2) is 15.0 Å². The van der Waals surface area contributed by atoms with Crippen molar-refractivity contribution in [2.24, 2.45) is 5.41 Å². The van der Waals surface area contributed by atoms with Crippen LogP contribution in [0.25, 0.3) is 0 Å². The summed E-state index contributed by atoms with van der Waals surface area (Å²) in [7, 11) is 0. The van der Waals surface area contributed by atoms with E-state index in [9.17, 15) is 4.79 Å². The molecule has 0 atom stereocenters. The van der Waals surface area contributed by atoms with Crippen LogP contribution in [0.2, 0.25) is 0 Å². The van der Waals surface area contributed by atoms with Crippen LogP contribution in [0.1, 0.15) is 26.6 Å². The highest BCUT2D eigenvalue weighted by Crippen LogP contribution is 2.21. The van der Waals surface area contributed by atoms with Gasteiger partial charge in [0, 0.05) is 37.8 Å². The number of rotatable bonds is 3. The third-order valence-electron chi connectivity index (χ3n) is 4.40. The zero-order valence-corrected chi connectivity index (χ0v) is 15.9. The molecule has 7 heteroatoms. The first-order chi connectivity index (χ1) is 12.3. The van der Waals surface area contributed by atoms with Gasteiger partial charge in [0.2, 0.25) is 5.91 Å². The van der Waals surface area contributed by atoms with Gasteiger partial charge in [-0.2, -0.15) is 0 Å². The minimum absolute atomic E-state index is 0.0356. The Hall–Kier alpha value is -2.70. The molecule has 1 aliphatic rings. The quantitative estimate of drug-likeness (QED) is 0.913. The molecule has 2 aromatic heterocycles. The molecule has 1 saturated heterocycles. The van der Waals surface area contributed by atoms with Gasteiger partial charge in [-0.05, 0) is 25.1 Å². The summed E-state index contributed by atoms with van der Waals surface area (Å²) < 4.78 is 0. The van der Waals surface area contributed by atoms with Crippen LogP contribution in [0.15, 0.2) is 30.6 Å². The van der Waals surface area contributed by atoms with Crippen LogP contribution in [0.4, 0.5) is 17.3 Å². The Balaban J connectivity index is 1.59. The van der Waals surface area contributed by atoms with Crippen LogP contribution >= 0.6 is 0 Å². The number of carbonyl (C=O) groups excluding carboxylic acids is 1. The highest BCUT2D eigenvalue weighted by molar-refractivity contribution is 5.93. The lowest BCUT2D eigenvalue weighted by atomic mass is 9.96. The van der Waals surface area contributed by atoms with Gasteiger partial charge in [0.05, 0.1) is 11.9 Å². The molecule has 1 aliphatic heterocycles. The first-order valence-corrected chi connectivity index (χ1v) is 8.90. The summed E-state index contributed by atoms with van der Waals surface area (Å²) in [5, 5.41) is 2.85. The van der Waals surface area contributed by atoms with Crippen LogP contribution in [-0.2, 0) is 4.79 Å². The van der Waals surface area contributed by atoms with E-state index in [1.165, 1.54) is 0 Å². The van der Waals surface area contributed by atoms with Crippen molar-refractivity contribution in [3.8, 4) is 0 Å². The Bertz CT molecular complexity index is 760. The van der Waals surface area contributed by atoms with Gasteiger partial charge in [0.1, 0.15) is 17.5 Å². The van der Waals surface area contributed by atoms with E-state index in [2.05, 4.69) is 30.1 Å². The first kappa shape index (κ1) is 18.1. The van der Waals surface area contributed by atoms with E-state index in [-0.39, 0.29) is 5.91 Å². The van der Waals surface area contributed by atoms with Gasteiger partial charge in [0.15, 0.2) is 0 Å². The minimum Gasteiger partial charge on any atom is -0.367 e. The third kappa shape index (κ3) is 4.28. The smallest absolute Gasteiger partial charge is 0.230 e. The molecule has 0 bridgehead atoms. The van der Waals surface area contributed by atoms with Crippen molar-refractivity contribution in [3.63, 3.8) is 0 Å². The van der Waals surface area contributed by atoms with E-state index >= 15 is 0 Å². The molecule has 1 N–H and O–H groups in total. The van der Waals surface area contributed by atoms with E-state index in [1.807, 2.05) is 52.1 Å². The van der Waals surface area contributed by atoms with Gasteiger partial charge in [-0.3, -0.25) is 4.79 Å².